The van der Waals surface area contributed by atoms with Gasteiger partial charge in [-0.05, 0) is 19.1 Å². The van der Waals surface area contributed by atoms with Crippen molar-refractivity contribution in [2.45, 2.75) is 13.5 Å². The van der Waals surface area contributed by atoms with E-state index in [9.17, 15) is 8.78 Å². The number of aromatic nitrogens is 2. The molecule has 0 radical (unpaired) electrons. The Morgan fingerprint density at radius 1 is 1.42 bits per heavy atom. The Morgan fingerprint density at radius 3 is 2.74 bits per heavy atom. The van der Waals surface area contributed by atoms with E-state index in [0.717, 1.165) is 6.07 Å². The summed E-state index contributed by atoms with van der Waals surface area (Å²) in [6.45, 7) is 1.97. The van der Waals surface area contributed by atoms with Gasteiger partial charge in [-0.2, -0.15) is 9.49 Å². The van der Waals surface area contributed by atoms with E-state index < -0.39 is 11.6 Å². The molecule has 2 N–H and O–H groups in total. The first kappa shape index (κ1) is 14.0. The summed E-state index contributed by atoms with van der Waals surface area (Å²) in [6, 6.07) is 2.38. The molecule has 0 saturated heterocycles. The monoisotopic (exact) mass is 331 g/mol. The smallest absolute Gasteiger partial charge is 0.222 e. The van der Waals surface area contributed by atoms with E-state index >= 15 is 0 Å². The molecule has 0 aliphatic carbocycles. The van der Waals surface area contributed by atoms with E-state index in [2.05, 4.69) is 21.0 Å². The van der Waals surface area contributed by atoms with E-state index in [1.54, 1.807) is 14.0 Å². The molecule has 19 heavy (non-hydrogen) atoms. The maximum absolute atomic E-state index is 13.7. The van der Waals surface area contributed by atoms with E-state index in [1.165, 1.54) is 10.7 Å². The van der Waals surface area contributed by atoms with Crippen molar-refractivity contribution in [1.29, 1.82) is 0 Å². The van der Waals surface area contributed by atoms with Crippen LogP contribution < -0.4 is 10.5 Å². The molecule has 0 atom stereocenters. The fourth-order valence-electron chi connectivity index (χ4n) is 1.75. The zero-order chi connectivity index (χ0) is 14.2. The van der Waals surface area contributed by atoms with Crippen LogP contribution >= 0.6 is 15.9 Å². The number of hydrogen-bond donors (Lipinski definition) is 1. The third kappa shape index (κ3) is 2.62. The lowest BCUT2D eigenvalue weighted by atomic mass is 10.2. The highest BCUT2D eigenvalue weighted by Gasteiger charge is 2.18. The number of ether oxygens (including phenoxy) is 1. The molecule has 1 aromatic carbocycles. The molecule has 0 aliphatic heterocycles. The van der Waals surface area contributed by atoms with Crippen LogP contribution in [-0.2, 0) is 13.6 Å². The minimum atomic E-state index is -1.05. The number of rotatable bonds is 3. The number of nitrogens with two attached hydrogens (primary N) is 1. The van der Waals surface area contributed by atoms with Crippen LogP contribution in [0.1, 0.15) is 11.3 Å². The number of hydrogen-bond acceptors (Lipinski definition) is 3. The molecule has 0 aliphatic rings. The third-order valence-electron chi connectivity index (χ3n) is 2.66. The Balaban J connectivity index is 2.47. The highest BCUT2D eigenvalue weighted by molar-refractivity contribution is 9.10. The molecule has 7 heteroatoms. The first-order valence-electron chi connectivity index (χ1n) is 5.49. The summed E-state index contributed by atoms with van der Waals surface area (Å²) in [7, 11) is 1.65. The van der Waals surface area contributed by atoms with Gasteiger partial charge in [0, 0.05) is 18.1 Å². The normalized spacial score (nSPS) is 10.8. The topological polar surface area (TPSA) is 53.1 Å². The Labute approximate surface area is 117 Å². The molecule has 1 aromatic heterocycles. The molecule has 102 valence electrons. The summed E-state index contributed by atoms with van der Waals surface area (Å²) in [6.07, 6.45) is 0. The molecule has 0 amide bonds. The fourth-order valence-corrected chi connectivity index (χ4v) is 2.16. The second-order valence-corrected chi connectivity index (χ2v) is 4.91. The molecule has 0 spiro atoms. The summed E-state index contributed by atoms with van der Waals surface area (Å²) in [4.78, 5) is 0. The maximum atomic E-state index is 13.7. The second-order valence-electron chi connectivity index (χ2n) is 4.00. The summed E-state index contributed by atoms with van der Waals surface area (Å²) in [5.41, 5.74) is 6.95. The lowest BCUT2D eigenvalue weighted by Gasteiger charge is -2.09. The van der Waals surface area contributed by atoms with Crippen molar-refractivity contribution in [3.8, 4) is 11.6 Å². The van der Waals surface area contributed by atoms with Crippen LogP contribution in [0, 0.1) is 18.6 Å². The molecule has 0 saturated carbocycles. The third-order valence-corrected chi connectivity index (χ3v) is 3.12. The van der Waals surface area contributed by atoms with Gasteiger partial charge in [-0.15, -0.1) is 0 Å². The van der Waals surface area contributed by atoms with Gasteiger partial charge in [-0.1, -0.05) is 15.9 Å². The van der Waals surface area contributed by atoms with E-state index in [-0.39, 0.29) is 12.3 Å². The molecule has 2 rings (SSSR count). The van der Waals surface area contributed by atoms with Crippen molar-refractivity contribution >= 4 is 15.9 Å². The Hall–Kier alpha value is -1.47. The summed E-state index contributed by atoms with van der Waals surface area (Å²) in [5.74, 6) is -1.96. The van der Waals surface area contributed by atoms with Gasteiger partial charge >= 0.3 is 0 Å². The average Bonchev–Trinajstić information content (AvgIpc) is 2.60. The molecular formula is C12H12BrF2N3O. The van der Waals surface area contributed by atoms with Gasteiger partial charge in [-0.3, -0.25) is 0 Å². The number of halogens is 3. The predicted octanol–water partition coefficient (Wildman–Crippen LogP) is 3.02. The maximum Gasteiger partial charge on any atom is 0.222 e. The first-order chi connectivity index (χ1) is 8.93. The average molecular weight is 332 g/mol. The lowest BCUT2D eigenvalue weighted by Crippen LogP contribution is -2.02. The number of nitrogens with zero attached hydrogens (tertiary/aromatic N) is 2. The van der Waals surface area contributed by atoms with Gasteiger partial charge in [0.05, 0.1) is 11.3 Å². The first-order valence-corrected chi connectivity index (χ1v) is 6.28. The molecule has 0 unspecified atom stereocenters. The van der Waals surface area contributed by atoms with Crippen molar-refractivity contribution in [1.82, 2.24) is 9.78 Å². The highest BCUT2D eigenvalue weighted by Crippen LogP contribution is 2.32. The predicted molar refractivity (Wildman–Crippen MR) is 70.0 cm³/mol. The quantitative estimate of drug-likeness (QED) is 0.879. The minimum absolute atomic E-state index is 0.201. The molecule has 0 fully saturated rings. The standard InChI is InChI=1S/C12H12BrF2N3O/c1-6-8(5-16)12(18(2)17-6)19-10-4-7(13)3-9(14)11(10)15/h3-4H,5,16H2,1-2H3. The largest absolute Gasteiger partial charge is 0.436 e. The zero-order valence-electron chi connectivity index (χ0n) is 10.4. The van der Waals surface area contributed by atoms with E-state index in [4.69, 9.17) is 10.5 Å². The van der Waals surface area contributed by atoms with Gasteiger partial charge in [0.1, 0.15) is 0 Å². The van der Waals surface area contributed by atoms with Crippen molar-refractivity contribution in [3.05, 3.63) is 39.5 Å². The second kappa shape index (κ2) is 5.26. The fraction of sp³-hybridized carbons (Fsp3) is 0.250. The molecule has 1 heterocycles. The number of benzene rings is 1. The van der Waals surface area contributed by atoms with Crippen LogP contribution in [0.3, 0.4) is 0 Å². The van der Waals surface area contributed by atoms with E-state index in [0.29, 0.717) is 21.6 Å². The van der Waals surface area contributed by atoms with Gasteiger partial charge < -0.3 is 10.5 Å². The van der Waals surface area contributed by atoms with Crippen LogP contribution in [0.5, 0.6) is 11.6 Å². The Morgan fingerprint density at radius 2 is 2.11 bits per heavy atom. The Kier molecular flexibility index (Phi) is 3.86. The molecule has 0 bridgehead atoms. The van der Waals surface area contributed by atoms with Gasteiger partial charge in [0.15, 0.2) is 11.6 Å². The van der Waals surface area contributed by atoms with Crippen LogP contribution in [0.25, 0.3) is 0 Å². The zero-order valence-corrected chi connectivity index (χ0v) is 12.0. The minimum Gasteiger partial charge on any atom is -0.436 e. The van der Waals surface area contributed by atoms with Crippen LogP contribution in [0.4, 0.5) is 8.78 Å². The highest BCUT2D eigenvalue weighted by atomic mass is 79.9. The van der Waals surface area contributed by atoms with Gasteiger partial charge in [0.2, 0.25) is 11.7 Å². The van der Waals surface area contributed by atoms with Crippen LogP contribution in [-0.4, -0.2) is 9.78 Å². The van der Waals surface area contributed by atoms with Crippen molar-refractivity contribution in [2.24, 2.45) is 12.8 Å². The number of aryl methyl sites for hydroxylation is 2. The molecule has 4 nitrogen and oxygen atoms in total. The SMILES string of the molecule is Cc1nn(C)c(Oc2cc(Br)cc(F)c2F)c1CN. The molecular weight excluding hydrogens is 320 g/mol. The summed E-state index contributed by atoms with van der Waals surface area (Å²) >= 11 is 3.09. The summed E-state index contributed by atoms with van der Waals surface area (Å²) < 4.78 is 34.2. The van der Waals surface area contributed by atoms with E-state index in [1.807, 2.05) is 0 Å². The summed E-state index contributed by atoms with van der Waals surface area (Å²) in [5, 5.41) is 4.14. The Bertz CT molecular complexity index is 628. The van der Waals surface area contributed by atoms with Crippen molar-refractivity contribution in [3.63, 3.8) is 0 Å². The van der Waals surface area contributed by atoms with Crippen molar-refractivity contribution in [2.75, 3.05) is 0 Å². The van der Waals surface area contributed by atoms with Crippen molar-refractivity contribution < 1.29 is 13.5 Å². The lowest BCUT2D eigenvalue weighted by molar-refractivity contribution is 0.384. The van der Waals surface area contributed by atoms with Crippen LogP contribution in [0.15, 0.2) is 16.6 Å². The van der Waals surface area contributed by atoms with Crippen LogP contribution in [0.2, 0.25) is 0 Å². The molecule has 2 aromatic rings. The van der Waals surface area contributed by atoms with Gasteiger partial charge in [0.25, 0.3) is 0 Å². The van der Waals surface area contributed by atoms with Gasteiger partial charge in [-0.25, -0.2) is 9.07 Å².